The second-order valence-corrected chi connectivity index (χ2v) is 5.94. The van der Waals surface area contributed by atoms with Gasteiger partial charge in [-0.05, 0) is 44.7 Å². The molecular weight excluding hydrogens is 290 g/mol. The third-order valence-corrected chi connectivity index (χ3v) is 4.26. The van der Waals surface area contributed by atoms with Gasteiger partial charge in [0, 0.05) is 25.5 Å². The molecule has 23 heavy (non-hydrogen) atoms. The minimum atomic E-state index is -0.0673. The van der Waals surface area contributed by atoms with E-state index in [1.54, 1.807) is 6.20 Å². The molecule has 2 aromatic rings. The van der Waals surface area contributed by atoms with Crippen LogP contribution in [0.3, 0.4) is 0 Å². The van der Waals surface area contributed by atoms with E-state index in [4.69, 9.17) is 4.74 Å². The fourth-order valence-corrected chi connectivity index (χ4v) is 2.61. The molecule has 1 aromatic carbocycles. The Morgan fingerprint density at radius 2 is 2.22 bits per heavy atom. The number of nitrogens with zero attached hydrogens (tertiary/aromatic N) is 2. The lowest BCUT2D eigenvalue weighted by Gasteiger charge is -2.27. The average Bonchev–Trinajstić information content (AvgIpc) is 2.93. The van der Waals surface area contributed by atoms with Crippen molar-refractivity contribution in [3.8, 4) is 5.75 Å². The second kappa shape index (κ2) is 7.31. The molecule has 5 nitrogen and oxygen atoms in total. The summed E-state index contributed by atoms with van der Waals surface area (Å²) >= 11 is 0. The zero-order valence-electron chi connectivity index (χ0n) is 13.5. The molecule has 0 atom stereocenters. The van der Waals surface area contributed by atoms with Gasteiger partial charge < -0.3 is 14.6 Å². The van der Waals surface area contributed by atoms with Gasteiger partial charge in [0.2, 0.25) is 0 Å². The van der Waals surface area contributed by atoms with E-state index in [0.717, 1.165) is 31.6 Å². The maximum atomic E-state index is 12.4. The Morgan fingerprint density at radius 1 is 1.39 bits per heavy atom. The van der Waals surface area contributed by atoms with Crippen LogP contribution in [0.2, 0.25) is 0 Å². The first-order valence-corrected chi connectivity index (χ1v) is 8.25. The first kappa shape index (κ1) is 15.6. The Labute approximate surface area is 136 Å². The zero-order chi connectivity index (χ0) is 16.1. The lowest BCUT2D eigenvalue weighted by atomic mass is 9.96. The van der Waals surface area contributed by atoms with E-state index in [0.29, 0.717) is 17.9 Å². The van der Waals surface area contributed by atoms with Crippen LogP contribution in [0, 0.1) is 6.92 Å². The second-order valence-electron chi connectivity index (χ2n) is 5.94. The van der Waals surface area contributed by atoms with Crippen molar-refractivity contribution < 1.29 is 9.53 Å². The van der Waals surface area contributed by atoms with Gasteiger partial charge in [0.25, 0.3) is 5.91 Å². The maximum absolute atomic E-state index is 12.4. The minimum Gasteiger partial charge on any atom is -0.490 e. The fraction of sp³-hybridized carbons (Fsp3) is 0.444. The molecule has 0 unspecified atom stereocenters. The van der Waals surface area contributed by atoms with Gasteiger partial charge in [-0.2, -0.15) is 0 Å². The van der Waals surface area contributed by atoms with Crippen LogP contribution in [0.25, 0.3) is 0 Å². The van der Waals surface area contributed by atoms with Crippen molar-refractivity contribution in [3.63, 3.8) is 0 Å². The van der Waals surface area contributed by atoms with Gasteiger partial charge in [-0.25, -0.2) is 4.98 Å². The smallest absolute Gasteiger partial charge is 0.255 e. The number of aryl methyl sites for hydroxylation is 2. The number of hydrogen-bond acceptors (Lipinski definition) is 3. The van der Waals surface area contributed by atoms with Gasteiger partial charge in [-0.3, -0.25) is 4.79 Å². The number of rotatable bonds is 7. The summed E-state index contributed by atoms with van der Waals surface area (Å²) < 4.78 is 7.99. The summed E-state index contributed by atoms with van der Waals surface area (Å²) in [5, 5.41) is 2.98. The van der Waals surface area contributed by atoms with E-state index in [9.17, 15) is 4.79 Å². The van der Waals surface area contributed by atoms with Crippen molar-refractivity contribution in [2.24, 2.45) is 0 Å². The molecule has 1 N–H and O–H groups in total. The summed E-state index contributed by atoms with van der Waals surface area (Å²) in [6.45, 7) is 3.47. The first-order valence-electron chi connectivity index (χ1n) is 8.25. The van der Waals surface area contributed by atoms with E-state index >= 15 is 0 Å². The number of aromatic nitrogens is 2. The SMILES string of the molecule is Cc1nccn1CCCNC(=O)c1ccccc1OC1CCC1. The van der Waals surface area contributed by atoms with Crippen molar-refractivity contribution in [2.45, 2.75) is 45.3 Å². The highest BCUT2D eigenvalue weighted by Gasteiger charge is 2.21. The summed E-state index contributed by atoms with van der Waals surface area (Å²) in [6, 6.07) is 7.48. The normalized spacial score (nSPS) is 14.3. The van der Waals surface area contributed by atoms with Gasteiger partial charge in [0.05, 0.1) is 11.7 Å². The molecule has 1 heterocycles. The molecule has 1 saturated carbocycles. The third kappa shape index (κ3) is 3.92. The Bertz CT molecular complexity index is 662. The van der Waals surface area contributed by atoms with Crippen LogP contribution in [0.15, 0.2) is 36.7 Å². The van der Waals surface area contributed by atoms with E-state index in [2.05, 4.69) is 14.9 Å². The highest BCUT2D eigenvalue weighted by molar-refractivity contribution is 5.96. The lowest BCUT2D eigenvalue weighted by molar-refractivity contribution is 0.0927. The average molecular weight is 313 g/mol. The molecule has 5 heteroatoms. The largest absolute Gasteiger partial charge is 0.490 e. The Kier molecular flexibility index (Phi) is 4.95. The predicted octanol–water partition coefficient (Wildman–Crippen LogP) is 2.94. The summed E-state index contributed by atoms with van der Waals surface area (Å²) in [4.78, 5) is 16.6. The predicted molar refractivity (Wildman–Crippen MR) is 88.6 cm³/mol. The van der Waals surface area contributed by atoms with Crippen LogP contribution in [0.4, 0.5) is 0 Å². The molecule has 3 rings (SSSR count). The number of nitrogens with one attached hydrogen (secondary N) is 1. The first-order chi connectivity index (χ1) is 11.2. The van der Waals surface area contributed by atoms with Crippen LogP contribution in [-0.2, 0) is 6.54 Å². The monoisotopic (exact) mass is 313 g/mol. The zero-order valence-corrected chi connectivity index (χ0v) is 13.5. The Morgan fingerprint density at radius 3 is 2.91 bits per heavy atom. The Hall–Kier alpha value is -2.30. The molecule has 0 aliphatic heterocycles. The quantitative estimate of drug-likeness (QED) is 0.800. The van der Waals surface area contributed by atoms with Gasteiger partial charge in [-0.15, -0.1) is 0 Å². The van der Waals surface area contributed by atoms with Gasteiger partial charge in [-0.1, -0.05) is 12.1 Å². The van der Waals surface area contributed by atoms with Crippen molar-refractivity contribution in [1.29, 1.82) is 0 Å². The Balaban J connectivity index is 1.50. The van der Waals surface area contributed by atoms with Crippen molar-refractivity contribution >= 4 is 5.91 Å². The standard InChI is InChI=1S/C18H23N3O2/c1-14-19-11-13-21(14)12-5-10-20-18(22)16-8-2-3-9-17(16)23-15-6-4-7-15/h2-3,8-9,11,13,15H,4-7,10,12H2,1H3,(H,20,22). The maximum Gasteiger partial charge on any atom is 0.255 e. The minimum absolute atomic E-state index is 0.0673. The van der Waals surface area contributed by atoms with Crippen molar-refractivity contribution in [1.82, 2.24) is 14.9 Å². The van der Waals surface area contributed by atoms with E-state index in [1.807, 2.05) is 37.4 Å². The summed E-state index contributed by atoms with van der Waals surface area (Å²) in [7, 11) is 0. The van der Waals surface area contributed by atoms with E-state index in [-0.39, 0.29) is 12.0 Å². The van der Waals surface area contributed by atoms with Crippen LogP contribution < -0.4 is 10.1 Å². The highest BCUT2D eigenvalue weighted by atomic mass is 16.5. The van der Waals surface area contributed by atoms with Gasteiger partial charge >= 0.3 is 0 Å². The number of carbonyl (C=O) groups excluding carboxylic acids is 1. The van der Waals surface area contributed by atoms with Gasteiger partial charge in [0.1, 0.15) is 11.6 Å². The number of benzene rings is 1. The van der Waals surface area contributed by atoms with Crippen LogP contribution >= 0.6 is 0 Å². The van der Waals surface area contributed by atoms with E-state index in [1.165, 1.54) is 6.42 Å². The topological polar surface area (TPSA) is 56.2 Å². The molecule has 0 saturated heterocycles. The number of para-hydroxylation sites is 1. The van der Waals surface area contributed by atoms with Crippen LogP contribution in [0.5, 0.6) is 5.75 Å². The summed E-state index contributed by atoms with van der Waals surface area (Å²) in [5.74, 6) is 1.62. The molecule has 1 amide bonds. The molecular formula is C18H23N3O2. The number of amides is 1. The van der Waals surface area contributed by atoms with Crippen LogP contribution in [-0.4, -0.2) is 28.1 Å². The lowest BCUT2D eigenvalue weighted by Crippen LogP contribution is -2.28. The van der Waals surface area contributed by atoms with Crippen LogP contribution in [0.1, 0.15) is 41.9 Å². The fourth-order valence-electron chi connectivity index (χ4n) is 2.61. The number of carbonyl (C=O) groups is 1. The van der Waals surface area contributed by atoms with Gasteiger partial charge in [0.15, 0.2) is 0 Å². The molecule has 122 valence electrons. The summed E-state index contributed by atoms with van der Waals surface area (Å²) in [5.41, 5.74) is 0.623. The number of ether oxygens (including phenoxy) is 1. The van der Waals surface area contributed by atoms with Crippen molar-refractivity contribution in [2.75, 3.05) is 6.54 Å². The number of hydrogen-bond donors (Lipinski definition) is 1. The molecule has 1 aliphatic carbocycles. The summed E-state index contributed by atoms with van der Waals surface area (Å²) in [6.07, 6.45) is 8.27. The molecule has 0 radical (unpaired) electrons. The molecule has 0 spiro atoms. The molecule has 0 bridgehead atoms. The van der Waals surface area contributed by atoms with E-state index < -0.39 is 0 Å². The molecule has 1 aromatic heterocycles. The molecule has 1 fully saturated rings. The third-order valence-electron chi connectivity index (χ3n) is 4.26. The van der Waals surface area contributed by atoms with Crippen molar-refractivity contribution in [3.05, 3.63) is 48.0 Å². The highest BCUT2D eigenvalue weighted by Crippen LogP contribution is 2.27. The molecule has 1 aliphatic rings. The number of imidazole rings is 1.